The van der Waals surface area contributed by atoms with Crippen LogP contribution >= 0.6 is 0 Å². The quantitative estimate of drug-likeness (QED) is 0.849. The second-order valence-corrected chi connectivity index (χ2v) is 7.61. The van der Waals surface area contributed by atoms with E-state index in [9.17, 15) is 9.59 Å². The van der Waals surface area contributed by atoms with E-state index in [0.29, 0.717) is 24.7 Å². The Morgan fingerprint density at radius 2 is 1.76 bits per heavy atom. The van der Waals surface area contributed by atoms with Gasteiger partial charge in [0.2, 0.25) is 11.8 Å². The molecule has 134 valence electrons. The molecule has 0 spiro atoms. The highest BCUT2D eigenvalue weighted by Gasteiger charge is 2.29. The van der Waals surface area contributed by atoms with E-state index < -0.39 is 0 Å². The number of hydrazone groups is 1. The molecular formula is C20H27N3O2. The van der Waals surface area contributed by atoms with Gasteiger partial charge in [-0.25, -0.2) is 5.01 Å². The van der Waals surface area contributed by atoms with Crippen molar-refractivity contribution in [2.75, 3.05) is 19.6 Å². The molecule has 1 fully saturated rings. The molecule has 5 nitrogen and oxygen atoms in total. The van der Waals surface area contributed by atoms with Gasteiger partial charge in [0.05, 0.1) is 5.71 Å². The summed E-state index contributed by atoms with van der Waals surface area (Å²) in [6.45, 7) is 8.00. The third-order valence-electron chi connectivity index (χ3n) is 5.00. The van der Waals surface area contributed by atoms with Crippen LogP contribution in [0.2, 0.25) is 0 Å². The van der Waals surface area contributed by atoms with E-state index >= 15 is 0 Å². The number of amides is 2. The summed E-state index contributed by atoms with van der Waals surface area (Å²) in [5, 5.41) is 5.85. The normalized spacial score (nSPS) is 24.3. The van der Waals surface area contributed by atoms with E-state index in [2.05, 4.69) is 18.9 Å². The second kappa shape index (κ2) is 7.38. The average Bonchev–Trinajstić information content (AvgIpc) is 2.56. The van der Waals surface area contributed by atoms with Crippen molar-refractivity contribution in [2.45, 2.75) is 40.0 Å². The van der Waals surface area contributed by atoms with Gasteiger partial charge in [-0.1, -0.05) is 43.7 Å². The topological polar surface area (TPSA) is 53.0 Å². The summed E-state index contributed by atoms with van der Waals surface area (Å²) in [5.41, 5.74) is 3.10. The first kappa shape index (κ1) is 17.6. The molecule has 2 atom stereocenters. The van der Waals surface area contributed by atoms with E-state index in [-0.39, 0.29) is 18.4 Å². The van der Waals surface area contributed by atoms with Crippen LogP contribution in [0.3, 0.4) is 0 Å². The molecule has 25 heavy (non-hydrogen) atoms. The summed E-state index contributed by atoms with van der Waals surface area (Å²) in [7, 11) is 0. The summed E-state index contributed by atoms with van der Waals surface area (Å²) in [6.07, 6.45) is 2.19. The number of aryl methyl sites for hydroxylation is 1. The molecule has 0 N–H and O–H groups in total. The van der Waals surface area contributed by atoms with Crippen LogP contribution in [0, 0.1) is 18.8 Å². The molecule has 1 aromatic carbocycles. The number of hydrogen-bond acceptors (Lipinski definition) is 3. The van der Waals surface area contributed by atoms with Gasteiger partial charge in [0.25, 0.3) is 0 Å². The first-order valence-electron chi connectivity index (χ1n) is 9.15. The zero-order valence-corrected chi connectivity index (χ0v) is 15.4. The lowest BCUT2D eigenvalue weighted by Crippen LogP contribution is -2.47. The Morgan fingerprint density at radius 1 is 1.12 bits per heavy atom. The van der Waals surface area contributed by atoms with Gasteiger partial charge in [0, 0.05) is 25.9 Å². The number of carbonyl (C=O) groups is 2. The van der Waals surface area contributed by atoms with Crippen molar-refractivity contribution < 1.29 is 9.59 Å². The molecule has 2 heterocycles. The lowest BCUT2D eigenvalue weighted by Gasteiger charge is -2.36. The Labute approximate surface area is 149 Å². The minimum atomic E-state index is -0.0673. The monoisotopic (exact) mass is 341 g/mol. The molecule has 0 aliphatic carbocycles. The van der Waals surface area contributed by atoms with Gasteiger partial charge in [0.1, 0.15) is 6.54 Å². The Morgan fingerprint density at radius 3 is 2.40 bits per heavy atom. The standard InChI is InChI=1S/C20H27N3O2/c1-14-4-6-17(7-5-14)18-8-9-19(24)23(21-18)13-20(25)22-11-15(2)10-16(3)12-22/h4-7,15-16H,8-13H2,1-3H3/t15-,16+. The largest absolute Gasteiger partial charge is 0.341 e. The van der Waals surface area contributed by atoms with Gasteiger partial charge in [-0.3, -0.25) is 9.59 Å². The average molecular weight is 341 g/mol. The molecule has 5 heteroatoms. The smallest absolute Gasteiger partial charge is 0.244 e. The SMILES string of the molecule is Cc1ccc(C2=NN(CC(=O)N3C[C@H](C)C[C@H](C)C3)C(=O)CC2)cc1. The summed E-state index contributed by atoms with van der Waals surface area (Å²) >= 11 is 0. The van der Waals surface area contributed by atoms with Crippen LogP contribution in [-0.2, 0) is 9.59 Å². The van der Waals surface area contributed by atoms with Crippen molar-refractivity contribution in [3.63, 3.8) is 0 Å². The van der Waals surface area contributed by atoms with E-state index in [4.69, 9.17) is 0 Å². The first-order chi connectivity index (χ1) is 11.9. The zero-order chi connectivity index (χ0) is 18.0. The maximum atomic E-state index is 12.7. The fourth-order valence-electron chi connectivity index (χ4n) is 3.77. The van der Waals surface area contributed by atoms with Crippen molar-refractivity contribution in [3.8, 4) is 0 Å². The maximum absolute atomic E-state index is 12.7. The summed E-state index contributed by atoms with van der Waals surface area (Å²) in [6, 6.07) is 8.14. The van der Waals surface area contributed by atoms with Crippen LogP contribution < -0.4 is 0 Å². The molecule has 3 rings (SSSR count). The highest BCUT2D eigenvalue weighted by Crippen LogP contribution is 2.22. The Bertz CT molecular complexity index is 671. The molecular weight excluding hydrogens is 314 g/mol. The molecule has 2 amide bonds. The number of carbonyl (C=O) groups excluding carboxylic acids is 2. The van der Waals surface area contributed by atoms with Crippen LogP contribution in [0.25, 0.3) is 0 Å². The Hall–Kier alpha value is -2.17. The summed E-state index contributed by atoms with van der Waals surface area (Å²) in [4.78, 5) is 26.8. The summed E-state index contributed by atoms with van der Waals surface area (Å²) in [5.74, 6) is 0.954. The summed E-state index contributed by atoms with van der Waals surface area (Å²) < 4.78 is 0. The number of hydrogen-bond donors (Lipinski definition) is 0. The van der Waals surface area contributed by atoms with Gasteiger partial charge < -0.3 is 4.90 Å². The molecule has 1 aromatic rings. The minimum Gasteiger partial charge on any atom is -0.341 e. The number of benzene rings is 1. The third kappa shape index (κ3) is 4.27. The number of rotatable bonds is 3. The van der Waals surface area contributed by atoms with Gasteiger partial charge in [-0.15, -0.1) is 0 Å². The lowest BCUT2D eigenvalue weighted by atomic mass is 9.92. The highest BCUT2D eigenvalue weighted by atomic mass is 16.2. The predicted octanol–water partition coefficient (Wildman–Crippen LogP) is 2.83. The van der Waals surface area contributed by atoms with Crippen LogP contribution in [0.4, 0.5) is 0 Å². The molecule has 2 aliphatic heterocycles. The minimum absolute atomic E-state index is 0.000608. The zero-order valence-electron chi connectivity index (χ0n) is 15.4. The number of piperidine rings is 1. The van der Waals surface area contributed by atoms with Gasteiger partial charge in [-0.05, 0) is 30.7 Å². The Kier molecular flexibility index (Phi) is 5.21. The van der Waals surface area contributed by atoms with E-state index in [1.807, 2.05) is 36.1 Å². The van der Waals surface area contributed by atoms with Crippen LogP contribution in [0.1, 0.15) is 44.2 Å². The molecule has 1 saturated heterocycles. The van der Waals surface area contributed by atoms with Crippen LogP contribution in [0.15, 0.2) is 29.4 Å². The van der Waals surface area contributed by atoms with E-state index in [1.54, 1.807) is 0 Å². The fourth-order valence-corrected chi connectivity index (χ4v) is 3.77. The van der Waals surface area contributed by atoms with Crippen LogP contribution in [-0.4, -0.2) is 47.1 Å². The highest BCUT2D eigenvalue weighted by molar-refractivity contribution is 6.04. The van der Waals surface area contributed by atoms with Crippen molar-refractivity contribution in [1.82, 2.24) is 9.91 Å². The molecule has 2 aliphatic rings. The van der Waals surface area contributed by atoms with Gasteiger partial charge in [0.15, 0.2) is 0 Å². The third-order valence-corrected chi connectivity index (χ3v) is 5.00. The van der Waals surface area contributed by atoms with Gasteiger partial charge in [-0.2, -0.15) is 5.10 Å². The molecule has 0 aromatic heterocycles. The maximum Gasteiger partial charge on any atom is 0.244 e. The van der Waals surface area contributed by atoms with Crippen molar-refractivity contribution in [1.29, 1.82) is 0 Å². The van der Waals surface area contributed by atoms with Crippen molar-refractivity contribution in [3.05, 3.63) is 35.4 Å². The van der Waals surface area contributed by atoms with E-state index in [0.717, 1.165) is 30.8 Å². The van der Waals surface area contributed by atoms with Crippen LogP contribution in [0.5, 0.6) is 0 Å². The van der Waals surface area contributed by atoms with E-state index in [1.165, 1.54) is 10.6 Å². The lowest BCUT2D eigenvalue weighted by molar-refractivity contribution is -0.142. The fraction of sp³-hybridized carbons (Fsp3) is 0.550. The molecule has 0 radical (unpaired) electrons. The first-order valence-corrected chi connectivity index (χ1v) is 9.15. The van der Waals surface area contributed by atoms with Gasteiger partial charge >= 0.3 is 0 Å². The Balaban J connectivity index is 1.71. The second-order valence-electron chi connectivity index (χ2n) is 7.61. The number of nitrogens with zero attached hydrogens (tertiary/aromatic N) is 3. The van der Waals surface area contributed by atoms with Crippen molar-refractivity contribution >= 4 is 17.5 Å². The van der Waals surface area contributed by atoms with Crippen molar-refractivity contribution in [2.24, 2.45) is 16.9 Å². The predicted molar refractivity (Wildman–Crippen MR) is 98.2 cm³/mol. The number of likely N-dealkylation sites (tertiary alicyclic amines) is 1. The molecule has 0 unspecified atom stereocenters. The molecule has 0 saturated carbocycles. The molecule has 0 bridgehead atoms.